The molecule has 0 fully saturated rings. The first-order chi connectivity index (χ1) is 9.27. The lowest BCUT2D eigenvalue weighted by molar-refractivity contribution is -0.128. The van der Waals surface area contributed by atoms with Gasteiger partial charge in [0.15, 0.2) is 5.16 Å². The highest BCUT2D eigenvalue weighted by atomic mass is 32.2. The van der Waals surface area contributed by atoms with E-state index in [4.69, 9.17) is 10.5 Å². The van der Waals surface area contributed by atoms with Crippen molar-refractivity contribution in [2.45, 2.75) is 18.0 Å². The van der Waals surface area contributed by atoms with Crippen molar-refractivity contribution in [2.75, 3.05) is 18.8 Å². The van der Waals surface area contributed by atoms with Gasteiger partial charge in [-0.25, -0.2) is 9.97 Å². The molecule has 0 radical (unpaired) electrons. The molecule has 19 heavy (non-hydrogen) atoms. The molecule has 6 nitrogen and oxygen atoms in total. The van der Waals surface area contributed by atoms with Crippen molar-refractivity contribution in [1.29, 1.82) is 10.5 Å². The Morgan fingerprint density at radius 3 is 2.32 bits per heavy atom. The first-order valence-corrected chi connectivity index (χ1v) is 6.68. The SMILES string of the molecule is N#CCCN(CCC#N)C(=O)CSc1ncccn1. The van der Waals surface area contributed by atoms with Crippen molar-refractivity contribution in [3.8, 4) is 12.1 Å². The zero-order valence-electron chi connectivity index (χ0n) is 10.3. The normalized spacial score (nSPS) is 9.37. The van der Waals surface area contributed by atoms with E-state index in [0.29, 0.717) is 18.2 Å². The average molecular weight is 275 g/mol. The second-order valence-electron chi connectivity index (χ2n) is 3.52. The Balaban J connectivity index is 2.47. The summed E-state index contributed by atoms with van der Waals surface area (Å²) in [5, 5.41) is 17.6. The Labute approximate surface area is 116 Å². The maximum Gasteiger partial charge on any atom is 0.233 e. The highest BCUT2D eigenvalue weighted by Crippen LogP contribution is 2.12. The number of aromatic nitrogens is 2. The van der Waals surface area contributed by atoms with Crippen LogP contribution in [0.25, 0.3) is 0 Å². The minimum absolute atomic E-state index is 0.108. The van der Waals surface area contributed by atoms with Crippen molar-refractivity contribution in [3.63, 3.8) is 0 Å². The minimum atomic E-state index is -0.108. The highest BCUT2D eigenvalue weighted by Gasteiger charge is 2.13. The lowest BCUT2D eigenvalue weighted by Crippen LogP contribution is -2.34. The second-order valence-corrected chi connectivity index (χ2v) is 4.46. The summed E-state index contributed by atoms with van der Waals surface area (Å²) in [6.45, 7) is 0.709. The van der Waals surface area contributed by atoms with Gasteiger partial charge in [-0.15, -0.1) is 0 Å². The fraction of sp³-hybridized carbons (Fsp3) is 0.417. The van der Waals surface area contributed by atoms with Gasteiger partial charge < -0.3 is 4.90 Å². The Kier molecular flexibility index (Phi) is 7.00. The van der Waals surface area contributed by atoms with Crippen molar-refractivity contribution in [1.82, 2.24) is 14.9 Å². The third-order valence-electron chi connectivity index (χ3n) is 2.21. The second kappa shape index (κ2) is 8.90. The summed E-state index contributed by atoms with van der Waals surface area (Å²) in [6.07, 6.45) is 3.76. The number of nitriles is 2. The van der Waals surface area contributed by atoms with Gasteiger partial charge in [0.1, 0.15) is 0 Å². The summed E-state index contributed by atoms with van der Waals surface area (Å²) in [7, 11) is 0. The van der Waals surface area contributed by atoms with Gasteiger partial charge in [-0.05, 0) is 6.07 Å². The van der Waals surface area contributed by atoms with E-state index in [-0.39, 0.29) is 24.5 Å². The van der Waals surface area contributed by atoms with Gasteiger partial charge in [-0.2, -0.15) is 10.5 Å². The van der Waals surface area contributed by atoms with Gasteiger partial charge >= 0.3 is 0 Å². The molecule has 0 aromatic carbocycles. The van der Waals surface area contributed by atoms with Crippen LogP contribution < -0.4 is 0 Å². The molecule has 0 saturated heterocycles. The number of hydrogen-bond donors (Lipinski definition) is 0. The molecule has 0 bridgehead atoms. The molecule has 1 rings (SSSR count). The molecule has 1 aromatic heterocycles. The van der Waals surface area contributed by atoms with Crippen LogP contribution in [0.3, 0.4) is 0 Å². The molecule has 1 heterocycles. The summed E-state index contributed by atoms with van der Waals surface area (Å²) in [5.74, 6) is 0.101. The largest absolute Gasteiger partial charge is 0.340 e. The van der Waals surface area contributed by atoms with Crippen LogP contribution in [0.2, 0.25) is 0 Å². The Morgan fingerprint density at radius 1 is 1.21 bits per heavy atom. The number of amides is 1. The van der Waals surface area contributed by atoms with E-state index in [9.17, 15) is 4.79 Å². The van der Waals surface area contributed by atoms with Crippen LogP contribution in [0, 0.1) is 22.7 Å². The third kappa shape index (κ3) is 5.84. The monoisotopic (exact) mass is 275 g/mol. The molecule has 0 N–H and O–H groups in total. The fourth-order valence-corrected chi connectivity index (χ4v) is 2.01. The van der Waals surface area contributed by atoms with E-state index in [1.165, 1.54) is 16.7 Å². The van der Waals surface area contributed by atoms with Crippen LogP contribution in [0.4, 0.5) is 0 Å². The maximum atomic E-state index is 12.0. The molecule has 0 unspecified atom stereocenters. The molecule has 0 saturated carbocycles. The molecular weight excluding hydrogens is 262 g/mol. The van der Waals surface area contributed by atoms with E-state index in [0.717, 1.165) is 0 Å². The maximum absolute atomic E-state index is 12.0. The van der Waals surface area contributed by atoms with Crippen molar-refractivity contribution >= 4 is 17.7 Å². The standard InChI is InChI=1S/C12H13N5OS/c13-4-1-8-17(9-2-5-14)11(18)10-19-12-15-6-3-7-16-12/h3,6-7H,1-2,8-10H2. The summed E-state index contributed by atoms with van der Waals surface area (Å²) in [4.78, 5) is 21.5. The summed E-state index contributed by atoms with van der Waals surface area (Å²) < 4.78 is 0. The number of hydrogen-bond acceptors (Lipinski definition) is 6. The van der Waals surface area contributed by atoms with Crippen LogP contribution in [0.1, 0.15) is 12.8 Å². The van der Waals surface area contributed by atoms with Gasteiger partial charge in [0, 0.05) is 25.5 Å². The molecule has 1 aromatic rings. The van der Waals surface area contributed by atoms with Crippen LogP contribution >= 0.6 is 11.8 Å². The molecule has 0 aliphatic rings. The number of carbonyl (C=O) groups is 1. The molecule has 0 atom stereocenters. The predicted octanol–water partition coefficient (Wildman–Crippen LogP) is 1.22. The van der Waals surface area contributed by atoms with Crippen molar-refractivity contribution in [2.24, 2.45) is 0 Å². The quantitative estimate of drug-likeness (QED) is 0.548. The van der Waals surface area contributed by atoms with E-state index in [2.05, 4.69) is 9.97 Å². The summed E-state index contributed by atoms with van der Waals surface area (Å²) >= 11 is 1.24. The van der Waals surface area contributed by atoms with Crippen LogP contribution in [-0.4, -0.2) is 39.6 Å². The molecule has 1 amide bonds. The number of rotatable bonds is 7. The van der Waals surface area contributed by atoms with Crippen LogP contribution in [0.5, 0.6) is 0 Å². The first kappa shape index (κ1) is 14.9. The highest BCUT2D eigenvalue weighted by molar-refractivity contribution is 7.99. The average Bonchev–Trinajstić information content (AvgIpc) is 2.46. The lowest BCUT2D eigenvalue weighted by atomic mass is 10.3. The number of carbonyl (C=O) groups excluding carboxylic acids is 1. The summed E-state index contributed by atoms with van der Waals surface area (Å²) in [5.41, 5.74) is 0. The minimum Gasteiger partial charge on any atom is -0.340 e. The summed E-state index contributed by atoms with van der Waals surface area (Å²) in [6, 6.07) is 5.70. The molecule has 0 aliphatic carbocycles. The topological polar surface area (TPSA) is 93.7 Å². The van der Waals surface area contributed by atoms with Crippen LogP contribution in [-0.2, 0) is 4.79 Å². The predicted molar refractivity (Wildman–Crippen MR) is 69.8 cm³/mol. The first-order valence-electron chi connectivity index (χ1n) is 5.69. The van der Waals surface area contributed by atoms with Gasteiger partial charge in [0.25, 0.3) is 0 Å². The molecular formula is C12H13N5OS. The lowest BCUT2D eigenvalue weighted by Gasteiger charge is -2.19. The molecule has 98 valence electrons. The van der Waals surface area contributed by atoms with E-state index in [1.807, 2.05) is 12.1 Å². The van der Waals surface area contributed by atoms with Gasteiger partial charge in [-0.1, -0.05) is 11.8 Å². The van der Waals surface area contributed by atoms with E-state index >= 15 is 0 Å². The smallest absolute Gasteiger partial charge is 0.233 e. The van der Waals surface area contributed by atoms with E-state index in [1.54, 1.807) is 18.5 Å². The number of thioether (sulfide) groups is 1. The Morgan fingerprint density at radius 2 is 1.79 bits per heavy atom. The van der Waals surface area contributed by atoms with Gasteiger partial charge in [0.2, 0.25) is 5.91 Å². The molecule has 0 aliphatic heterocycles. The Bertz CT molecular complexity index is 461. The third-order valence-corrected chi connectivity index (χ3v) is 3.07. The van der Waals surface area contributed by atoms with Gasteiger partial charge in [0.05, 0.1) is 30.7 Å². The zero-order chi connectivity index (χ0) is 13.9. The number of nitrogens with zero attached hydrogens (tertiary/aromatic N) is 5. The zero-order valence-corrected chi connectivity index (χ0v) is 11.1. The van der Waals surface area contributed by atoms with Gasteiger partial charge in [-0.3, -0.25) is 4.79 Å². The Hall–Kier alpha value is -2.12. The molecule has 0 spiro atoms. The van der Waals surface area contributed by atoms with E-state index < -0.39 is 0 Å². The fourth-order valence-electron chi connectivity index (χ4n) is 1.31. The van der Waals surface area contributed by atoms with Crippen LogP contribution in [0.15, 0.2) is 23.6 Å². The van der Waals surface area contributed by atoms with Crippen molar-refractivity contribution in [3.05, 3.63) is 18.5 Å². The van der Waals surface area contributed by atoms with Crippen molar-refractivity contribution < 1.29 is 4.79 Å². The molecule has 7 heteroatoms.